The van der Waals surface area contributed by atoms with Crippen LogP contribution in [0.4, 0.5) is 14.5 Å². The number of likely N-dealkylation sites (N-methyl/N-ethyl adjacent to an activating group) is 1. The van der Waals surface area contributed by atoms with Crippen molar-refractivity contribution in [1.29, 1.82) is 0 Å². The fourth-order valence-electron chi connectivity index (χ4n) is 2.98. The first-order valence-corrected chi connectivity index (χ1v) is 6.43. The minimum atomic E-state index is -2.69. The van der Waals surface area contributed by atoms with E-state index in [1.54, 1.807) is 7.05 Å². The van der Waals surface area contributed by atoms with Gasteiger partial charge in [-0.25, -0.2) is 18.7 Å². The van der Waals surface area contributed by atoms with Crippen LogP contribution in [0, 0.1) is 0 Å². The number of carbonyl (C=O) groups is 1. The largest absolute Gasteiger partial charge is 0.312 e. The second-order valence-corrected chi connectivity index (χ2v) is 5.51. The molecule has 1 saturated carbocycles. The zero-order valence-corrected chi connectivity index (χ0v) is 11.0. The molecule has 1 fully saturated rings. The minimum absolute atomic E-state index is 0.0403. The Morgan fingerprint density at radius 2 is 1.95 bits per heavy atom. The molecule has 0 saturated heterocycles. The Hall–Kier alpha value is -1.30. The maximum Gasteiger partial charge on any atom is 0.248 e. The lowest BCUT2D eigenvalue weighted by molar-refractivity contribution is -0.128. The standard InChI is InChI=1S/C12H12ClF2N3O/c1-18-7-6-16-10(13)17-8(7)11(9(18)19)2-4-12(14,15)5-3-11/h6H,2-5H2,1H3. The van der Waals surface area contributed by atoms with Gasteiger partial charge in [0.1, 0.15) is 0 Å². The Kier molecular flexibility index (Phi) is 2.58. The van der Waals surface area contributed by atoms with Gasteiger partial charge in [0, 0.05) is 19.9 Å². The summed E-state index contributed by atoms with van der Waals surface area (Å²) in [4.78, 5) is 21.9. The first-order valence-electron chi connectivity index (χ1n) is 6.05. The number of nitrogens with zero attached hydrogens (tertiary/aromatic N) is 3. The predicted octanol–water partition coefficient (Wildman–Crippen LogP) is 2.55. The molecule has 4 nitrogen and oxygen atoms in total. The highest BCUT2D eigenvalue weighted by Gasteiger charge is 2.55. The molecule has 3 rings (SSSR count). The zero-order chi connectivity index (χ0) is 13.8. The highest BCUT2D eigenvalue weighted by molar-refractivity contribution is 6.28. The van der Waals surface area contributed by atoms with Crippen molar-refractivity contribution in [3.63, 3.8) is 0 Å². The molecule has 2 heterocycles. The number of amides is 1. The molecule has 102 valence electrons. The van der Waals surface area contributed by atoms with Crippen LogP contribution in [0.15, 0.2) is 6.20 Å². The van der Waals surface area contributed by atoms with Gasteiger partial charge < -0.3 is 4.90 Å². The molecule has 0 aromatic carbocycles. The quantitative estimate of drug-likeness (QED) is 0.689. The molecule has 1 amide bonds. The molecular formula is C12H12ClF2N3O. The molecule has 0 radical (unpaired) electrons. The summed E-state index contributed by atoms with van der Waals surface area (Å²) in [5.74, 6) is -2.88. The third-order valence-electron chi connectivity index (χ3n) is 4.10. The van der Waals surface area contributed by atoms with Crippen molar-refractivity contribution in [3.8, 4) is 0 Å². The SMILES string of the molecule is CN1C(=O)C2(CCC(F)(F)CC2)c2nc(Cl)ncc21. The summed E-state index contributed by atoms with van der Waals surface area (Å²) < 4.78 is 26.7. The number of anilines is 1. The van der Waals surface area contributed by atoms with E-state index >= 15 is 0 Å². The number of rotatable bonds is 0. The first-order chi connectivity index (χ1) is 8.86. The molecule has 19 heavy (non-hydrogen) atoms. The molecule has 0 bridgehead atoms. The minimum Gasteiger partial charge on any atom is -0.312 e. The van der Waals surface area contributed by atoms with Crippen molar-refractivity contribution in [2.24, 2.45) is 0 Å². The fourth-order valence-corrected chi connectivity index (χ4v) is 3.11. The molecule has 0 atom stereocenters. The molecule has 0 unspecified atom stereocenters. The summed E-state index contributed by atoms with van der Waals surface area (Å²) in [6.07, 6.45) is 1.08. The van der Waals surface area contributed by atoms with Crippen molar-refractivity contribution in [2.75, 3.05) is 11.9 Å². The Morgan fingerprint density at radius 1 is 1.32 bits per heavy atom. The van der Waals surface area contributed by atoms with Gasteiger partial charge in [-0.2, -0.15) is 0 Å². The topological polar surface area (TPSA) is 46.1 Å². The van der Waals surface area contributed by atoms with Crippen molar-refractivity contribution in [1.82, 2.24) is 9.97 Å². The molecule has 0 N–H and O–H groups in total. The number of halogens is 3. The summed E-state index contributed by atoms with van der Waals surface area (Å²) in [7, 11) is 1.61. The van der Waals surface area contributed by atoms with Crippen LogP contribution in [-0.2, 0) is 10.2 Å². The number of aromatic nitrogens is 2. The molecule has 1 aliphatic heterocycles. The van der Waals surface area contributed by atoms with Gasteiger partial charge in [0.05, 0.1) is 23.0 Å². The van der Waals surface area contributed by atoms with Gasteiger partial charge in [-0.3, -0.25) is 4.79 Å². The molecule has 1 aromatic heterocycles. The van der Waals surface area contributed by atoms with Crippen LogP contribution in [0.25, 0.3) is 0 Å². The average Bonchev–Trinajstić information content (AvgIpc) is 2.56. The fraction of sp³-hybridized carbons (Fsp3) is 0.583. The van der Waals surface area contributed by atoms with Crippen LogP contribution in [0.5, 0.6) is 0 Å². The van der Waals surface area contributed by atoms with Crippen molar-refractivity contribution < 1.29 is 13.6 Å². The maximum absolute atomic E-state index is 13.3. The van der Waals surface area contributed by atoms with Crippen molar-refractivity contribution in [2.45, 2.75) is 37.0 Å². The average molecular weight is 288 g/mol. The molecule has 1 aromatic rings. The van der Waals surface area contributed by atoms with E-state index in [1.807, 2.05) is 0 Å². The number of carbonyl (C=O) groups excluding carboxylic acids is 1. The van der Waals surface area contributed by atoms with Crippen LogP contribution < -0.4 is 4.90 Å². The maximum atomic E-state index is 13.3. The van der Waals surface area contributed by atoms with E-state index in [0.717, 1.165) is 0 Å². The van der Waals surface area contributed by atoms with E-state index in [4.69, 9.17) is 11.6 Å². The Morgan fingerprint density at radius 3 is 2.58 bits per heavy atom. The monoisotopic (exact) mass is 287 g/mol. The van der Waals surface area contributed by atoms with Gasteiger partial charge in [-0.1, -0.05) is 0 Å². The predicted molar refractivity (Wildman–Crippen MR) is 65.5 cm³/mol. The van der Waals surface area contributed by atoms with Crippen LogP contribution >= 0.6 is 11.6 Å². The van der Waals surface area contributed by atoms with E-state index in [1.165, 1.54) is 11.1 Å². The third-order valence-corrected chi connectivity index (χ3v) is 4.29. The lowest BCUT2D eigenvalue weighted by Crippen LogP contribution is -2.44. The van der Waals surface area contributed by atoms with E-state index in [2.05, 4.69) is 9.97 Å². The second-order valence-electron chi connectivity index (χ2n) is 5.18. The number of fused-ring (bicyclic) bond motifs is 2. The summed E-state index contributed by atoms with van der Waals surface area (Å²) in [5.41, 5.74) is 0.119. The summed E-state index contributed by atoms with van der Waals surface area (Å²) in [6.45, 7) is 0. The lowest BCUT2D eigenvalue weighted by Gasteiger charge is -2.35. The normalized spacial score (nSPS) is 23.8. The second kappa shape index (κ2) is 3.85. The van der Waals surface area contributed by atoms with Gasteiger partial charge in [0.25, 0.3) is 0 Å². The van der Waals surface area contributed by atoms with Gasteiger partial charge >= 0.3 is 0 Å². The Balaban J connectivity index is 2.08. The van der Waals surface area contributed by atoms with Crippen molar-refractivity contribution >= 4 is 23.2 Å². The summed E-state index contributed by atoms with van der Waals surface area (Å²) >= 11 is 5.78. The van der Waals surface area contributed by atoms with Gasteiger partial charge in [0.2, 0.25) is 17.1 Å². The van der Waals surface area contributed by atoms with Crippen LogP contribution in [0.2, 0.25) is 5.28 Å². The van der Waals surface area contributed by atoms with Gasteiger partial charge in [-0.05, 0) is 24.4 Å². The Bertz CT molecular complexity index is 554. The van der Waals surface area contributed by atoms with E-state index in [0.29, 0.717) is 11.4 Å². The smallest absolute Gasteiger partial charge is 0.248 e. The molecule has 2 aliphatic rings. The molecule has 1 spiro atoms. The Labute approximate surface area is 113 Å². The highest BCUT2D eigenvalue weighted by atomic mass is 35.5. The number of hydrogen-bond donors (Lipinski definition) is 0. The van der Waals surface area contributed by atoms with Crippen molar-refractivity contribution in [3.05, 3.63) is 17.2 Å². The van der Waals surface area contributed by atoms with E-state index in [9.17, 15) is 13.6 Å². The summed E-state index contributed by atoms with van der Waals surface area (Å²) in [5, 5.41) is 0.0403. The first kappa shape index (κ1) is 12.7. The van der Waals surface area contributed by atoms with E-state index in [-0.39, 0.29) is 36.9 Å². The summed E-state index contributed by atoms with van der Waals surface area (Å²) in [6, 6.07) is 0. The molecular weight excluding hydrogens is 276 g/mol. The van der Waals surface area contributed by atoms with Crippen LogP contribution in [-0.4, -0.2) is 28.8 Å². The lowest BCUT2D eigenvalue weighted by atomic mass is 9.71. The highest BCUT2D eigenvalue weighted by Crippen LogP contribution is 2.51. The molecule has 1 aliphatic carbocycles. The molecule has 7 heteroatoms. The van der Waals surface area contributed by atoms with Crippen LogP contribution in [0.3, 0.4) is 0 Å². The zero-order valence-electron chi connectivity index (χ0n) is 10.3. The van der Waals surface area contributed by atoms with Crippen LogP contribution in [0.1, 0.15) is 31.4 Å². The van der Waals surface area contributed by atoms with Gasteiger partial charge in [0.15, 0.2) is 0 Å². The van der Waals surface area contributed by atoms with Gasteiger partial charge in [-0.15, -0.1) is 0 Å². The number of alkyl halides is 2. The third kappa shape index (κ3) is 1.73. The van der Waals surface area contributed by atoms with E-state index < -0.39 is 11.3 Å². The number of hydrogen-bond acceptors (Lipinski definition) is 3.